The fraction of sp³-hybridized carbons (Fsp3) is 0.400. The van der Waals surface area contributed by atoms with Crippen LogP contribution in [0.25, 0.3) is 0 Å². The van der Waals surface area contributed by atoms with Crippen molar-refractivity contribution in [3.05, 3.63) is 35.1 Å². The van der Waals surface area contributed by atoms with E-state index in [0.717, 1.165) is 24.1 Å². The highest BCUT2D eigenvalue weighted by molar-refractivity contribution is 5.28. The SMILES string of the molecule is Cc1cccc(C2CCN2)c1F. The Hall–Kier alpha value is -0.890. The van der Waals surface area contributed by atoms with Crippen molar-refractivity contribution in [1.29, 1.82) is 0 Å². The lowest BCUT2D eigenvalue weighted by molar-refractivity contribution is 0.369. The largest absolute Gasteiger partial charge is 0.310 e. The van der Waals surface area contributed by atoms with Crippen molar-refractivity contribution in [3.8, 4) is 0 Å². The number of aryl methyl sites for hydroxylation is 1. The third-order valence-corrected chi connectivity index (χ3v) is 2.42. The molecule has 1 fully saturated rings. The summed E-state index contributed by atoms with van der Waals surface area (Å²) in [6.07, 6.45) is 1.06. The predicted octanol–water partition coefficient (Wildman–Crippen LogP) is 2.17. The Morgan fingerprint density at radius 1 is 1.50 bits per heavy atom. The Morgan fingerprint density at radius 3 is 2.83 bits per heavy atom. The number of benzene rings is 1. The van der Waals surface area contributed by atoms with Gasteiger partial charge in [-0.15, -0.1) is 0 Å². The molecule has 0 spiro atoms. The van der Waals surface area contributed by atoms with Gasteiger partial charge in [0.2, 0.25) is 0 Å². The van der Waals surface area contributed by atoms with E-state index < -0.39 is 0 Å². The summed E-state index contributed by atoms with van der Waals surface area (Å²) in [6, 6.07) is 5.83. The van der Waals surface area contributed by atoms with E-state index in [1.165, 1.54) is 0 Å². The van der Waals surface area contributed by atoms with Crippen molar-refractivity contribution in [3.63, 3.8) is 0 Å². The summed E-state index contributed by atoms with van der Waals surface area (Å²) in [6.45, 7) is 2.82. The summed E-state index contributed by atoms with van der Waals surface area (Å²) in [5.74, 6) is -0.0466. The molecule has 0 saturated carbocycles. The van der Waals surface area contributed by atoms with Gasteiger partial charge in [-0.25, -0.2) is 4.39 Å². The van der Waals surface area contributed by atoms with E-state index in [0.29, 0.717) is 0 Å². The highest BCUT2D eigenvalue weighted by Crippen LogP contribution is 2.26. The average Bonchev–Trinajstić information content (AvgIpc) is 1.95. The summed E-state index contributed by atoms with van der Waals surface area (Å²) < 4.78 is 13.4. The fourth-order valence-corrected chi connectivity index (χ4v) is 1.49. The summed E-state index contributed by atoms with van der Waals surface area (Å²) >= 11 is 0. The molecule has 1 heterocycles. The van der Waals surface area contributed by atoms with Gasteiger partial charge in [-0.1, -0.05) is 18.2 Å². The highest BCUT2D eigenvalue weighted by atomic mass is 19.1. The molecule has 0 radical (unpaired) electrons. The molecule has 1 aromatic rings. The van der Waals surface area contributed by atoms with Crippen LogP contribution < -0.4 is 5.32 Å². The first-order valence-electron chi connectivity index (χ1n) is 4.27. The van der Waals surface area contributed by atoms with Crippen molar-refractivity contribution < 1.29 is 4.39 Å². The lowest BCUT2D eigenvalue weighted by Gasteiger charge is -2.28. The standard InChI is InChI=1S/C10H12FN/c1-7-3-2-4-8(10(7)11)9-5-6-12-9/h2-4,9,12H,5-6H2,1H3. The molecule has 64 valence electrons. The minimum Gasteiger partial charge on any atom is -0.310 e. The van der Waals surface area contributed by atoms with E-state index in [1.54, 1.807) is 13.0 Å². The van der Waals surface area contributed by atoms with Crippen LogP contribution in [0.5, 0.6) is 0 Å². The molecule has 1 aliphatic heterocycles. The van der Waals surface area contributed by atoms with E-state index in [1.807, 2.05) is 12.1 Å². The molecule has 1 N–H and O–H groups in total. The van der Waals surface area contributed by atoms with E-state index in [-0.39, 0.29) is 11.9 Å². The molecule has 0 aromatic heterocycles. The van der Waals surface area contributed by atoms with Crippen LogP contribution in [-0.4, -0.2) is 6.54 Å². The Bertz CT molecular complexity index is 292. The van der Waals surface area contributed by atoms with Crippen LogP contribution in [0.15, 0.2) is 18.2 Å². The maximum Gasteiger partial charge on any atom is 0.130 e. The summed E-state index contributed by atoms with van der Waals surface area (Å²) in [5.41, 5.74) is 1.56. The summed E-state index contributed by atoms with van der Waals surface area (Å²) in [4.78, 5) is 0. The second-order valence-corrected chi connectivity index (χ2v) is 3.27. The molecule has 2 rings (SSSR count). The molecule has 1 aliphatic rings. The molecule has 2 heteroatoms. The quantitative estimate of drug-likeness (QED) is 0.672. The van der Waals surface area contributed by atoms with Gasteiger partial charge < -0.3 is 5.32 Å². The van der Waals surface area contributed by atoms with Gasteiger partial charge in [-0.3, -0.25) is 0 Å². The molecule has 1 unspecified atom stereocenters. The van der Waals surface area contributed by atoms with Crippen LogP contribution in [0, 0.1) is 12.7 Å². The van der Waals surface area contributed by atoms with Gasteiger partial charge in [0.05, 0.1) is 0 Å². The smallest absolute Gasteiger partial charge is 0.130 e. The maximum absolute atomic E-state index is 13.4. The molecule has 0 bridgehead atoms. The number of nitrogens with one attached hydrogen (secondary N) is 1. The zero-order valence-corrected chi connectivity index (χ0v) is 7.10. The third kappa shape index (κ3) is 1.12. The van der Waals surface area contributed by atoms with Crippen LogP contribution in [0.1, 0.15) is 23.6 Å². The van der Waals surface area contributed by atoms with Crippen molar-refractivity contribution in [2.24, 2.45) is 0 Å². The summed E-state index contributed by atoms with van der Waals surface area (Å²) in [7, 11) is 0. The number of hydrogen-bond donors (Lipinski definition) is 1. The van der Waals surface area contributed by atoms with Gasteiger partial charge >= 0.3 is 0 Å². The number of rotatable bonds is 1. The molecule has 1 nitrogen and oxygen atoms in total. The van der Waals surface area contributed by atoms with E-state index in [9.17, 15) is 4.39 Å². The topological polar surface area (TPSA) is 12.0 Å². The van der Waals surface area contributed by atoms with Crippen molar-refractivity contribution >= 4 is 0 Å². The lowest BCUT2D eigenvalue weighted by atomic mass is 9.96. The predicted molar refractivity (Wildman–Crippen MR) is 46.5 cm³/mol. The van der Waals surface area contributed by atoms with Crippen molar-refractivity contribution in [2.45, 2.75) is 19.4 Å². The van der Waals surface area contributed by atoms with Gasteiger partial charge in [-0.05, 0) is 25.5 Å². The van der Waals surface area contributed by atoms with Gasteiger partial charge in [0.25, 0.3) is 0 Å². The van der Waals surface area contributed by atoms with Crippen LogP contribution >= 0.6 is 0 Å². The Kier molecular flexibility index (Phi) is 1.85. The maximum atomic E-state index is 13.4. The normalized spacial score (nSPS) is 22.0. The van der Waals surface area contributed by atoms with E-state index in [2.05, 4.69) is 5.32 Å². The van der Waals surface area contributed by atoms with Crippen LogP contribution in [0.3, 0.4) is 0 Å². The molecule has 0 aliphatic carbocycles. The number of hydrogen-bond acceptors (Lipinski definition) is 1. The molecule has 1 atom stereocenters. The molecule has 1 saturated heterocycles. The zero-order chi connectivity index (χ0) is 8.55. The minimum atomic E-state index is -0.0466. The van der Waals surface area contributed by atoms with Crippen LogP contribution in [0.2, 0.25) is 0 Å². The van der Waals surface area contributed by atoms with E-state index >= 15 is 0 Å². The first-order chi connectivity index (χ1) is 5.79. The lowest BCUT2D eigenvalue weighted by Crippen LogP contribution is -2.35. The van der Waals surface area contributed by atoms with Gasteiger partial charge in [-0.2, -0.15) is 0 Å². The van der Waals surface area contributed by atoms with E-state index in [4.69, 9.17) is 0 Å². The first-order valence-corrected chi connectivity index (χ1v) is 4.27. The third-order valence-electron chi connectivity index (χ3n) is 2.42. The fourth-order valence-electron chi connectivity index (χ4n) is 1.49. The average molecular weight is 165 g/mol. The molecule has 0 amide bonds. The monoisotopic (exact) mass is 165 g/mol. The molecule has 1 aromatic carbocycles. The Balaban J connectivity index is 2.36. The van der Waals surface area contributed by atoms with Crippen molar-refractivity contribution in [2.75, 3.05) is 6.54 Å². The van der Waals surface area contributed by atoms with Crippen molar-refractivity contribution in [1.82, 2.24) is 5.32 Å². The van der Waals surface area contributed by atoms with Gasteiger partial charge in [0.15, 0.2) is 0 Å². The zero-order valence-electron chi connectivity index (χ0n) is 7.10. The van der Waals surface area contributed by atoms with Gasteiger partial charge in [0, 0.05) is 11.6 Å². The highest BCUT2D eigenvalue weighted by Gasteiger charge is 2.21. The summed E-state index contributed by atoms with van der Waals surface area (Å²) in [5, 5.41) is 3.19. The van der Waals surface area contributed by atoms with Crippen LogP contribution in [0.4, 0.5) is 4.39 Å². The first kappa shape index (κ1) is 7.74. The molecular weight excluding hydrogens is 153 g/mol. The van der Waals surface area contributed by atoms with Gasteiger partial charge in [0.1, 0.15) is 5.82 Å². The second-order valence-electron chi connectivity index (χ2n) is 3.27. The number of halogens is 1. The molecule has 12 heavy (non-hydrogen) atoms. The minimum absolute atomic E-state index is 0.0466. The second kappa shape index (κ2) is 2.87. The van der Waals surface area contributed by atoms with Crippen LogP contribution in [-0.2, 0) is 0 Å². The Morgan fingerprint density at radius 2 is 2.25 bits per heavy atom. The Labute approximate surface area is 71.6 Å². The molecular formula is C10H12FN.